The molecule has 4 nitrogen and oxygen atoms in total. The van der Waals surface area contributed by atoms with Crippen LogP contribution in [0, 0.1) is 11.8 Å². The summed E-state index contributed by atoms with van der Waals surface area (Å²) in [5.74, 6) is -2.11. The summed E-state index contributed by atoms with van der Waals surface area (Å²) in [6.45, 7) is 8.49. The molecule has 0 bridgehead atoms. The number of hydrogen-bond acceptors (Lipinski definition) is 4. The molecule has 2 radical (unpaired) electrons. The second kappa shape index (κ2) is 25.8. The maximum absolute atomic E-state index is 10.8. The number of unbranched alkanes of at least 4 members (excludes halogenated alkanes) is 8. The van der Waals surface area contributed by atoms with Crippen LogP contribution in [0.25, 0.3) is 0 Å². The predicted octanol–water partition coefficient (Wildman–Crippen LogP) is 4.65. The van der Waals surface area contributed by atoms with E-state index < -0.39 is 11.9 Å². The van der Waals surface area contributed by atoms with E-state index in [4.69, 9.17) is 0 Å². The maximum Gasteiger partial charge on any atom is 2.00 e. The average molecular weight is 517 g/mol. The second-order valence-electron chi connectivity index (χ2n) is 8.02. The topological polar surface area (TPSA) is 80.3 Å². The van der Waals surface area contributed by atoms with Gasteiger partial charge in [-0.25, -0.2) is 0 Å². The first-order chi connectivity index (χ1) is 13.4. The molecule has 0 aliphatic carbocycles. The fourth-order valence-corrected chi connectivity index (χ4v) is 3.30. The Balaban J connectivity index is -0.000000451. The van der Waals surface area contributed by atoms with Crippen molar-refractivity contribution in [3.63, 3.8) is 0 Å². The van der Waals surface area contributed by atoms with E-state index in [0.717, 1.165) is 77.0 Å². The normalized spacial score (nSPS) is 12.3. The third kappa shape index (κ3) is 23.9. The Morgan fingerprint density at radius 3 is 1.03 bits per heavy atom. The molecule has 0 aliphatic heterocycles. The zero-order valence-corrected chi connectivity index (χ0v) is 22.5. The van der Waals surface area contributed by atoms with Gasteiger partial charge in [-0.2, -0.15) is 0 Å². The fourth-order valence-electron chi connectivity index (χ4n) is 3.30. The van der Waals surface area contributed by atoms with Gasteiger partial charge in [0.15, 0.2) is 0 Å². The first kappa shape index (κ1) is 33.4. The first-order valence-electron chi connectivity index (χ1n) is 11.9. The zero-order valence-electron chi connectivity index (χ0n) is 19.6. The van der Waals surface area contributed by atoms with Crippen molar-refractivity contribution in [1.29, 1.82) is 0 Å². The van der Waals surface area contributed by atoms with Crippen LogP contribution < -0.4 is 10.2 Å². The van der Waals surface area contributed by atoms with E-state index in [9.17, 15) is 19.8 Å². The van der Waals surface area contributed by atoms with E-state index in [1.807, 2.05) is 0 Å². The SMILES string of the molecule is CCCCCCC(CCCC)C(=O)[O-].CCCCCCC(CCCC)C(=O)[O-].[Sn+2]. The van der Waals surface area contributed by atoms with E-state index in [-0.39, 0.29) is 35.7 Å². The molecule has 0 heterocycles. The Kier molecular flexibility index (Phi) is 29.7. The first-order valence-corrected chi connectivity index (χ1v) is 11.9. The van der Waals surface area contributed by atoms with Gasteiger partial charge in [0.2, 0.25) is 0 Å². The number of carbonyl (C=O) groups is 2. The number of carbonyl (C=O) groups excluding carboxylic acids is 2. The van der Waals surface area contributed by atoms with Gasteiger partial charge in [-0.05, 0) is 37.5 Å². The van der Waals surface area contributed by atoms with Gasteiger partial charge < -0.3 is 19.8 Å². The summed E-state index contributed by atoms with van der Waals surface area (Å²) in [6.07, 6.45) is 16.6. The molecule has 170 valence electrons. The number of carboxylic acid groups (broad SMARTS) is 2. The Hall–Kier alpha value is -0.261. The van der Waals surface area contributed by atoms with Crippen molar-refractivity contribution < 1.29 is 19.8 Å². The maximum atomic E-state index is 10.8. The van der Waals surface area contributed by atoms with Crippen molar-refractivity contribution in [2.45, 2.75) is 130 Å². The molecule has 0 rings (SSSR count). The van der Waals surface area contributed by atoms with Crippen molar-refractivity contribution in [3.05, 3.63) is 0 Å². The molecule has 0 spiro atoms. The van der Waals surface area contributed by atoms with Crippen molar-refractivity contribution in [2.75, 3.05) is 0 Å². The molecule has 2 unspecified atom stereocenters. The summed E-state index contributed by atoms with van der Waals surface area (Å²) in [5, 5.41) is 21.5. The van der Waals surface area contributed by atoms with Gasteiger partial charge in [0, 0.05) is 11.9 Å². The molecular weight excluding hydrogens is 471 g/mol. The van der Waals surface area contributed by atoms with Gasteiger partial charge in [0.05, 0.1) is 0 Å². The Morgan fingerprint density at radius 1 is 0.517 bits per heavy atom. The molecule has 0 aromatic heterocycles. The zero-order chi connectivity index (χ0) is 21.6. The second-order valence-corrected chi connectivity index (χ2v) is 8.02. The molecule has 0 amide bonds. The summed E-state index contributed by atoms with van der Waals surface area (Å²) in [6, 6.07) is 0. The number of aliphatic carboxylic acids is 2. The van der Waals surface area contributed by atoms with Crippen molar-refractivity contribution in [1.82, 2.24) is 0 Å². The van der Waals surface area contributed by atoms with E-state index in [1.54, 1.807) is 0 Å². The summed E-state index contributed by atoms with van der Waals surface area (Å²) in [4.78, 5) is 21.5. The molecule has 0 saturated heterocycles. The van der Waals surface area contributed by atoms with E-state index in [0.29, 0.717) is 0 Å². The van der Waals surface area contributed by atoms with Gasteiger partial charge in [0.1, 0.15) is 0 Å². The van der Waals surface area contributed by atoms with Crippen molar-refractivity contribution in [3.8, 4) is 0 Å². The van der Waals surface area contributed by atoms with E-state index in [2.05, 4.69) is 27.7 Å². The van der Waals surface area contributed by atoms with Gasteiger partial charge in [-0.3, -0.25) is 0 Å². The summed E-state index contributed by atoms with van der Waals surface area (Å²) in [7, 11) is 0. The van der Waals surface area contributed by atoms with Crippen LogP contribution in [-0.4, -0.2) is 35.8 Å². The van der Waals surface area contributed by atoms with Crippen LogP contribution >= 0.6 is 0 Å². The van der Waals surface area contributed by atoms with Crippen LogP contribution in [0.3, 0.4) is 0 Å². The van der Waals surface area contributed by atoms with Gasteiger partial charge in [0.25, 0.3) is 0 Å². The molecule has 0 aromatic rings. The molecule has 0 aromatic carbocycles. The van der Waals surface area contributed by atoms with Crippen LogP contribution in [-0.2, 0) is 9.59 Å². The summed E-state index contributed by atoms with van der Waals surface area (Å²) in [5.41, 5.74) is 0. The molecule has 2 atom stereocenters. The predicted molar refractivity (Wildman–Crippen MR) is 119 cm³/mol. The van der Waals surface area contributed by atoms with Crippen molar-refractivity contribution in [2.24, 2.45) is 11.8 Å². The molecule has 0 fully saturated rings. The molecule has 29 heavy (non-hydrogen) atoms. The average Bonchev–Trinajstić information content (AvgIpc) is 2.67. The van der Waals surface area contributed by atoms with E-state index >= 15 is 0 Å². The number of carboxylic acids is 2. The number of rotatable bonds is 18. The molecule has 0 aliphatic rings. The standard InChI is InChI=1S/2C12H24O2.Sn/c2*1-3-5-7-8-10-11(12(13)14)9-6-4-2;/h2*11H,3-10H2,1-2H3,(H,13,14);/q;;+2/p-2. The van der Waals surface area contributed by atoms with Crippen LogP contribution in [0.4, 0.5) is 0 Å². The van der Waals surface area contributed by atoms with Crippen LogP contribution in [0.2, 0.25) is 0 Å². The van der Waals surface area contributed by atoms with Crippen LogP contribution in [0.5, 0.6) is 0 Å². The molecular formula is C24H46O4Sn. The summed E-state index contributed by atoms with van der Waals surface area (Å²) < 4.78 is 0. The number of hydrogen-bond donors (Lipinski definition) is 0. The van der Waals surface area contributed by atoms with Gasteiger partial charge in [-0.1, -0.05) is 105 Å². The minimum absolute atomic E-state index is 0. The Morgan fingerprint density at radius 2 is 0.793 bits per heavy atom. The third-order valence-corrected chi connectivity index (χ3v) is 5.29. The van der Waals surface area contributed by atoms with Crippen molar-refractivity contribution >= 4 is 35.8 Å². The van der Waals surface area contributed by atoms with E-state index in [1.165, 1.54) is 25.7 Å². The Bertz CT molecular complexity index is 327. The minimum Gasteiger partial charge on any atom is -0.550 e. The third-order valence-electron chi connectivity index (χ3n) is 5.29. The molecule has 5 heteroatoms. The van der Waals surface area contributed by atoms with Gasteiger partial charge >= 0.3 is 23.9 Å². The molecule has 0 N–H and O–H groups in total. The Labute approximate surface area is 197 Å². The summed E-state index contributed by atoms with van der Waals surface area (Å²) >= 11 is 0. The fraction of sp³-hybridized carbons (Fsp3) is 0.917. The smallest absolute Gasteiger partial charge is 0.550 e. The largest absolute Gasteiger partial charge is 2.00 e. The quantitative estimate of drug-likeness (QED) is 0.196. The monoisotopic (exact) mass is 518 g/mol. The molecule has 0 saturated carbocycles. The van der Waals surface area contributed by atoms with Crippen LogP contribution in [0.1, 0.15) is 130 Å². The van der Waals surface area contributed by atoms with Gasteiger partial charge in [-0.15, -0.1) is 0 Å². The minimum atomic E-state index is -0.852. The van der Waals surface area contributed by atoms with Crippen LogP contribution in [0.15, 0.2) is 0 Å².